The van der Waals surface area contributed by atoms with Crippen LogP contribution < -0.4 is 0 Å². The van der Waals surface area contributed by atoms with E-state index in [0.717, 1.165) is 20.9 Å². The van der Waals surface area contributed by atoms with Gasteiger partial charge in [-0.3, -0.25) is 4.79 Å². The average Bonchev–Trinajstić information content (AvgIpc) is 2.57. The van der Waals surface area contributed by atoms with Crippen molar-refractivity contribution in [3.05, 3.63) is 34.4 Å². The molecule has 0 spiro atoms. The van der Waals surface area contributed by atoms with Crippen molar-refractivity contribution < 1.29 is 9.53 Å². The van der Waals surface area contributed by atoms with Gasteiger partial charge in [0.05, 0.1) is 0 Å². The number of aromatic nitrogens is 1. The van der Waals surface area contributed by atoms with Crippen molar-refractivity contribution in [2.45, 2.75) is 13.5 Å². The largest absolute Gasteiger partial charge is 0.461 e. The van der Waals surface area contributed by atoms with E-state index in [2.05, 4.69) is 20.9 Å². The molecule has 0 unspecified atom stereocenters. The number of halogens is 1. The first-order valence-electron chi connectivity index (χ1n) is 4.55. The van der Waals surface area contributed by atoms with Crippen molar-refractivity contribution in [2.75, 3.05) is 0 Å². The first kappa shape index (κ1) is 10.2. The molecule has 2 aromatic rings. The number of nitrogens with one attached hydrogen (secondary N) is 1. The Kier molecular flexibility index (Phi) is 2.77. The quantitative estimate of drug-likeness (QED) is 0.851. The summed E-state index contributed by atoms with van der Waals surface area (Å²) in [7, 11) is 0. The van der Waals surface area contributed by atoms with E-state index in [1.165, 1.54) is 6.92 Å². The van der Waals surface area contributed by atoms with Gasteiger partial charge in [0.1, 0.15) is 6.61 Å². The molecule has 0 radical (unpaired) electrons. The Bertz CT molecular complexity index is 504. The summed E-state index contributed by atoms with van der Waals surface area (Å²) in [4.78, 5) is 13.8. The number of aromatic amines is 1. The van der Waals surface area contributed by atoms with Crippen molar-refractivity contribution in [2.24, 2.45) is 0 Å². The van der Waals surface area contributed by atoms with Gasteiger partial charge in [0.2, 0.25) is 0 Å². The molecule has 0 saturated carbocycles. The Morgan fingerprint density at radius 2 is 2.33 bits per heavy atom. The molecular formula is C11H10BrNO2. The van der Waals surface area contributed by atoms with E-state index in [-0.39, 0.29) is 5.97 Å². The number of benzene rings is 1. The third-order valence-corrected chi connectivity index (χ3v) is 2.65. The van der Waals surface area contributed by atoms with Crippen molar-refractivity contribution in [1.29, 1.82) is 0 Å². The molecule has 0 saturated heterocycles. The fourth-order valence-corrected chi connectivity index (χ4v) is 1.82. The zero-order valence-electron chi connectivity index (χ0n) is 8.21. The van der Waals surface area contributed by atoms with Gasteiger partial charge >= 0.3 is 5.97 Å². The number of ether oxygens (including phenoxy) is 1. The molecule has 78 valence electrons. The lowest BCUT2D eigenvalue weighted by molar-refractivity contribution is -0.142. The molecular weight excluding hydrogens is 258 g/mol. The SMILES string of the molecule is CC(=O)OCc1c[nH]c2cc(Br)ccc12. The second-order valence-corrected chi connectivity index (χ2v) is 4.20. The minimum absolute atomic E-state index is 0.263. The van der Waals surface area contributed by atoms with Crippen molar-refractivity contribution in [3.63, 3.8) is 0 Å². The minimum atomic E-state index is -0.263. The van der Waals surface area contributed by atoms with Crippen LogP contribution in [0.2, 0.25) is 0 Å². The maximum absolute atomic E-state index is 10.7. The third-order valence-electron chi connectivity index (χ3n) is 2.16. The Hall–Kier alpha value is -1.29. The van der Waals surface area contributed by atoms with E-state index in [1.807, 2.05) is 24.4 Å². The number of H-pyrrole nitrogens is 1. The van der Waals surface area contributed by atoms with Gasteiger partial charge in [0.15, 0.2) is 0 Å². The Labute approximate surface area is 95.6 Å². The normalized spacial score (nSPS) is 10.5. The standard InChI is InChI=1S/C11H10BrNO2/c1-7(14)15-6-8-5-13-11-4-9(12)2-3-10(8)11/h2-5,13H,6H2,1H3. The Morgan fingerprint density at radius 1 is 1.53 bits per heavy atom. The van der Waals surface area contributed by atoms with Crippen LogP contribution in [-0.2, 0) is 16.1 Å². The Morgan fingerprint density at radius 3 is 3.07 bits per heavy atom. The van der Waals surface area contributed by atoms with E-state index in [4.69, 9.17) is 4.74 Å². The molecule has 1 aromatic heterocycles. The monoisotopic (exact) mass is 267 g/mol. The second-order valence-electron chi connectivity index (χ2n) is 3.28. The van der Waals surface area contributed by atoms with Crippen LogP contribution in [0.1, 0.15) is 12.5 Å². The summed E-state index contributed by atoms with van der Waals surface area (Å²) in [6.07, 6.45) is 1.86. The van der Waals surface area contributed by atoms with Gasteiger partial charge in [-0.2, -0.15) is 0 Å². The van der Waals surface area contributed by atoms with Crippen LogP contribution >= 0.6 is 15.9 Å². The van der Waals surface area contributed by atoms with Gasteiger partial charge in [0, 0.05) is 34.1 Å². The van der Waals surface area contributed by atoms with Crippen LogP contribution in [0, 0.1) is 0 Å². The minimum Gasteiger partial charge on any atom is -0.461 e. The van der Waals surface area contributed by atoms with Crippen LogP contribution in [-0.4, -0.2) is 11.0 Å². The number of esters is 1. The fraction of sp³-hybridized carbons (Fsp3) is 0.182. The lowest BCUT2D eigenvalue weighted by atomic mass is 10.2. The van der Waals surface area contributed by atoms with Gasteiger partial charge in [-0.25, -0.2) is 0 Å². The molecule has 0 bridgehead atoms. The van der Waals surface area contributed by atoms with Crippen LogP contribution in [0.5, 0.6) is 0 Å². The molecule has 0 atom stereocenters. The molecule has 0 aliphatic heterocycles. The molecule has 1 heterocycles. The zero-order chi connectivity index (χ0) is 10.8. The second kappa shape index (κ2) is 4.06. The predicted octanol–water partition coefficient (Wildman–Crippen LogP) is 2.99. The highest BCUT2D eigenvalue weighted by atomic mass is 79.9. The number of fused-ring (bicyclic) bond motifs is 1. The summed E-state index contributed by atoms with van der Waals surface area (Å²) in [5, 5.41) is 1.08. The first-order valence-corrected chi connectivity index (χ1v) is 5.35. The molecule has 2 rings (SSSR count). The summed E-state index contributed by atoms with van der Waals surface area (Å²) in [6, 6.07) is 5.95. The summed E-state index contributed by atoms with van der Waals surface area (Å²) < 4.78 is 5.98. The summed E-state index contributed by atoms with van der Waals surface area (Å²) in [6.45, 7) is 1.72. The predicted molar refractivity (Wildman–Crippen MR) is 61.5 cm³/mol. The van der Waals surface area contributed by atoms with E-state index >= 15 is 0 Å². The number of hydrogen-bond donors (Lipinski definition) is 1. The number of carbonyl (C=O) groups is 1. The summed E-state index contributed by atoms with van der Waals surface area (Å²) in [5.74, 6) is -0.263. The van der Waals surface area contributed by atoms with E-state index in [9.17, 15) is 4.79 Å². The van der Waals surface area contributed by atoms with Gasteiger partial charge < -0.3 is 9.72 Å². The first-order chi connectivity index (χ1) is 7.16. The maximum Gasteiger partial charge on any atom is 0.302 e. The van der Waals surface area contributed by atoms with Crippen LogP contribution in [0.25, 0.3) is 10.9 Å². The number of rotatable bonds is 2. The third kappa shape index (κ3) is 2.21. The highest BCUT2D eigenvalue weighted by molar-refractivity contribution is 9.10. The van der Waals surface area contributed by atoms with E-state index in [0.29, 0.717) is 6.61 Å². The van der Waals surface area contributed by atoms with Gasteiger partial charge in [0.25, 0.3) is 0 Å². The molecule has 4 heteroatoms. The topological polar surface area (TPSA) is 42.1 Å². The van der Waals surface area contributed by atoms with E-state index < -0.39 is 0 Å². The van der Waals surface area contributed by atoms with E-state index in [1.54, 1.807) is 0 Å². The average molecular weight is 268 g/mol. The fourth-order valence-electron chi connectivity index (χ4n) is 1.46. The van der Waals surface area contributed by atoms with Gasteiger partial charge in [-0.15, -0.1) is 0 Å². The van der Waals surface area contributed by atoms with Crippen LogP contribution in [0.15, 0.2) is 28.9 Å². The van der Waals surface area contributed by atoms with Crippen LogP contribution in [0.4, 0.5) is 0 Å². The van der Waals surface area contributed by atoms with Crippen molar-refractivity contribution in [1.82, 2.24) is 4.98 Å². The van der Waals surface area contributed by atoms with Crippen molar-refractivity contribution in [3.8, 4) is 0 Å². The lowest BCUT2D eigenvalue weighted by Crippen LogP contribution is -1.97. The lowest BCUT2D eigenvalue weighted by Gasteiger charge is -1.99. The van der Waals surface area contributed by atoms with Gasteiger partial charge in [-0.05, 0) is 12.1 Å². The maximum atomic E-state index is 10.7. The molecule has 15 heavy (non-hydrogen) atoms. The molecule has 0 aliphatic rings. The zero-order valence-corrected chi connectivity index (χ0v) is 9.80. The van der Waals surface area contributed by atoms with Crippen molar-refractivity contribution >= 4 is 32.8 Å². The molecule has 0 aliphatic carbocycles. The number of hydrogen-bond acceptors (Lipinski definition) is 2. The van der Waals surface area contributed by atoms with Crippen LogP contribution in [0.3, 0.4) is 0 Å². The summed E-state index contributed by atoms with van der Waals surface area (Å²) >= 11 is 3.40. The molecule has 3 nitrogen and oxygen atoms in total. The highest BCUT2D eigenvalue weighted by Crippen LogP contribution is 2.22. The summed E-state index contributed by atoms with van der Waals surface area (Å²) in [5.41, 5.74) is 2.03. The molecule has 1 aromatic carbocycles. The number of carbonyl (C=O) groups excluding carboxylic acids is 1. The smallest absolute Gasteiger partial charge is 0.302 e. The highest BCUT2D eigenvalue weighted by Gasteiger charge is 2.04. The van der Waals surface area contributed by atoms with Gasteiger partial charge in [-0.1, -0.05) is 22.0 Å². The molecule has 0 fully saturated rings. The molecule has 0 amide bonds. The molecule has 1 N–H and O–H groups in total. The Balaban J connectivity index is 2.32.